The zero-order chi connectivity index (χ0) is 22.2. The number of halogens is 2. The summed E-state index contributed by atoms with van der Waals surface area (Å²) in [6, 6.07) is 2.92. The van der Waals surface area contributed by atoms with Gasteiger partial charge in [-0.3, -0.25) is 9.59 Å². The number of hydrogen-bond donors (Lipinski definition) is 3. The molecule has 0 unspecified atom stereocenters. The fourth-order valence-corrected chi connectivity index (χ4v) is 4.28. The Morgan fingerprint density at radius 1 is 1.00 bits per heavy atom. The lowest BCUT2D eigenvalue weighted by Crippen LogP contribution is -2.48. The van der Waals surface area contributed by atoms with Gasteiger partial charge in [0.2, 0.25) is 21.8 Å². The minimum atomic E-state index is -4.13. The molecule has 7 nitrogen and oxygen atoms in total. The lowest BCUT2D eigenvalue weighted by molar-refractivity contribution is -0.124. The van der Waals surface area contributed by atoms with Gasteiger partial charge in [-0.15, -0.1) is 0 Å². The van der Waals surface area contributed by atoms with Crippen molar-refractivity contribution in [3.63, 3.8) is 0 Å². The molecule has 1 aromatic carbocycles. The van der Waals surface area contributed by atoms with Gasteiger partial charge < -0.3 is 10.6 Å². The van der Waals surface area contributed by atoms with Crippen molar-refractivity contribution >= 4 is 45.0 Å². The first-order chi connectivity index (χ1) is 13.4. The SMILES string of the molecule is CC(C)CNC(=O)CC[C@H](NS(=O)(=O)c1cc(Cl)ccc1Cl)C(=O)NCC(C)C. The van der Waals surface area contributed by atoms with E-state index in [2.05, 4.69) is 15.4 Å². The Morgan fingerprint density at radius 3 is 2.17 bits per heavy atom. The molecule has 29 heavy (non-hydrogen) atoms. The molecule has 0 spiro atoms. The predicted molar refractivity (Wildman–Crippen MR) is 116 cm³/mol. The molecule has 0 aliphatic heterocycles. The van der Waals surface area contributed by atoms with Crippen LogP contribution in [0.2, 0.25) is 10.0 Å². The number of hydrogen-bond acceptors (Lipinski definition) is 4. The molecule has 1 atom stereocenters. The van der Waals surface area contributed by atoms with Crippen molar-refractivity contribution in [3.05, 3.63) is 28.2 Å². The highest BCUT2D eigenvalue weighted by molar-refractivity contribution is 7.89. The summed E-state index contributed by atoms with van der Waals surface area (Å²) in [4.78, 5) is 24.4. The van der Waals surface area contributed by atoms with E-state index in [1.807, 2.05) is 27.7 Å². The number of benzene rings is 1. The Balaban J connectivity index is 2.96. The minimum absolute atomic E-state index is 0.00170. The maximum Gasteiger partial charge on any atom is 0.242 e. The molecule has 0 radical (unpaired) electrons. The lowest BCUT2D eigenvalue weighted by Gasteiger charge is -2.20. The molecule has 0 aliphatic rings. The molecule has 0 aromatic heterocycles. The van der Waals surface area contributed by atoms with E-state index >= 15 is 0 Å². The van der Waals surface area contributed by atoms with Gasteiger partial charge in [-0.1, -0.05) is 50.9 Å². The van der Waals surface area contributed by atoms with Crippen LogP contribution in [0.15, 0.2) is 23.1 Å². The zero-order valence-corrected chi connectivity index (χ0v) is 19.4. The van der Waals surface area contributed by atoms with E-state index in [0.717, 1.165) is 0 Å². The number of amides is 2. The van der Waals surface area contributed by atoms with Gasteiger partial charge in [0, 0.05) is 24.5 Å². The highest BCUT2D eigenvalue weighted by Crippen LogP contribution is 2.25. The predicted octanol–water partition coefficient (Wildman–Crippen LogP) is 2.96. The van der Waals surface area contributed by atoms with Gasteiger partial charge in [-0.05, 0) is 36.5 Å². The average Bonchev–Trinajstić information content (AvgIpc) is 2.63. The Labute approximate surface area is 183 Å². The molecule has 0 bridgehead atoms. The number of carbonyl (C=O) groups is 2. The summed E-state index contributed by atoms with van der Waals surface area (Å²) in [5.41, 5.74) is 0. The van der Waals surface area contributed by atoms with Crippen molar-refractivity contribution in [2.45, 2.75) is 51.5 Å². The third kappa shape index (κ3) is 9.33. The fraction of sp³-hybridized carbons (Fsp3) is 0.579. The van der Waals surface area contributed by atoms with Crippen molar-refractivity contribution in [2.75, 3.05) is 13.1 Å². The Bertz CT molecular complexity index is 814. The molecule has 3 N–H and O–H groups in total. The second-order valence-corrected chi connectivity index (χ2v) is 10.2. The number of carbonyl (C=O) groups excluding carboxylic acids is 2. The van der Waals surface area contributed by atoms with E-state index in [4.69, 9.17) is 23.2 Å². The molecule has 0 fully saturated rings. The van der Waals surface area contributed by atoms with Gasteiger partial charge in [0.1, 0.15) is 10.9 Å². The largest absolute Gasteiger partial charge is 0.356 e. The van der Waals surface area contributed by atoms with Crippen LogP contribution in [0.4, 0.5) is 0 Å². The van der Waals surface area contributed by atoms with Crippen molar-refractivity contribution in [1.82, 2.24) is 15.4 Å². The van der Waals surface area contributed by atoms with Gasteiger partial charge in [0.25, 0.3) is 0 Å². The molecular formula is C19H29Cl2N3O4S. The molecule has 0 saturated carbocycles. The molecule has 0 saturated heterocycles. The second-order valence-electron chi connectivity index (χ2n) is 7.62. The van der Waals surface area contributed by atoms with Crippen molar-refractivity contribution in [3.8, 4) is 0 Å². The zero-order valence-electron chi connectivity index (χ0n) is 17.1. The van der Waals surface area contributed by atoms with Gasteiger partial charge in [-0.2, -0.15) is 4.72 Å². The summed E-state index contributed by atoms with van der Waals surface area (Å²) in [5.74, 6) is -0.280. The fourth-order valence-electron chi connectivity index (χ4n) is 2.29. The normalized spacial score (nSPS) is 12.8. The molecule has 1 aromatic rings. The summed E-state index contributed by atoms with van der Waals surface area (Å²) < 4.78 is 27.9. The standard InChI is InChI=1S/C19H29Cl2N3O4S/c1-12(2)10-22-18(25)8-7-16(19(26)23-11-13(3)4)24-29(27,28)17-9-14(20)5-6-15(17)21/h5-6,9,12-13,16,24H,7-8,10-11H2,1-4H3,(H,22,25)(H,23,26)/t16-/m0/s1. The maximum absolute atomic E-state index is 12.8. The second kappa shape index (κ2) is 11.7. The Morgan fingerprint density at radius 2 is 1.59 bits per heavy atom. The first-order valence-corrected chi connectivity index (χ1v) is 11.7. The smallest absolute Gasteiger partial charge is 0.242 e. The summed E-state index contributed by atoms with van der Waals surface area (Å²) >= 11 is 11.9. The number of nitrogens with one attached hydrogen (secondary N) is 3. The molecule has 2 amide bonds. The Kier molecular flexibility index (Phi) is 10.4. The topological polar surface area (TPSA) is 104 Å². The number of rotatable bonds is 11. The van der Waals surface area contributed by atoms with E-state index in [-0.39, 0.29) is 45.5 Å². The van der Waals surface area contributed by atoms with Crippen LogP contribution in [-0.2, 0) is 19.6 Å². The lowest BCUT2D eigenvalue weighted by atomic mass is 10.1. The molecule has 164 valence electrons. The van der Waals surface area contributed by atoms with Crippen LogP contribution in [0.25, 0.3) is 0 Å². The number of sulfonamides is 1. The van der Waals surface area contributed by atoms with Crippen LogP contribution in [0.1, 0.15) is 40.5 Å². The van der Waals surface area contributed by atoms with Crippen LogP contribution in [0, 0.1) is 11.8 Å². The molecule has 0 aliphatic carbocycles. The van der Waals surface area contributed by atoms with E-state index in [1.165, 1.54) is 18.2 Å². The summed E-state index contributed by atoms with van der Waals surface area (Å²) in [5, 5.41) is 5.63. The summed E-state index contributed by atoms with van der Waals surface area (Å²) in [6.45, 7) is 8.66. The van der Waals surface area contributed by atoms with E-state index in [1.54, 1.807) is 0 Å². The van der Waals surface area contributed by atoms with Crippen LogP contribution < -0.4 is 15.4 Å². The monoisotopic (exact) mass is 465 g/mol. The van der Waals surface area contributed by atoms with Crippen LogP contribution >= 0.6 is 23.2 Å². The highest BCUT2D eigenvalue weighted by Gasteiger charge is 2.28. The van der Waals surface area contributed by atoms with Crippen molar-refractivity contribution in [2.24, 2.45) is 11.8 Å². The summed E-state index contributed by atoms with van der Waals surface area (Å²) in [7, 11) is -4.13. The van der Waals surface area contributed by atoms with Crippen molar-refractivity contribution in [1.29, 1.82) is 0 Å². The van der Waals surface area contributed by atoms with Gasteiger partial charge in [0.05, 0.1) is 5.02 Å². The first-order valence-electron chi connectivity index (χ1n) is 9.44. The van der Waals surface area contributed by atoms with Crippen LogP contribution in [0.3, 0.4) is 0 Å². The van der Waals surface area contributed by atoms with E-state index in [0.29, 0.717) is 13.1 Å². The first kappa shape index (κ1) is 25.7. The molecule has 1 rings (SSSR count). The van der Waals surface area contributed by atoms with Gasteiger partial charge in [-0.25, -0.2) is 8.42 Å². The molecule has 0 heterocycles. The summed E-state index contributed by atoms with van der Waals surface area (Å²) in [6.07, 6.45) is 0.00353. The van der Waals surface area contributed by atoms with E-state index < -0.39 is 22.0 Å². The Hall–Kier alpha value is -1.35. The van der Waals surface area contributed by atoms with Crippen LogP contribution in [-0.4, -0.2) is 39.4 Å². The third-order valence-corrected chi connectivity index (χ3v) is 6.04. The molecular weight excluding hydrogens is 437 g/mol. The third-order valence-electron chi connectivity index (χ3n) is 3.85. The maximum atomic E-state index is 12.8. The minimum Gasteiger partial charge on any atom is -0.356 e. The quantitative estimate of drug-likeness (QED) is 0.467. The van der Waals surface area contributed by atoms with Gasteiger partial charge in [0.15, 0.2) is 0 Å². The average molecular weight is 466 g/mol. The van der Waals surface area contributed by atoms with Crippen LogP contribution in [0.5, 0.6) is 0 Å². The highest BCUT2D eigenvalue weighted by atomic mass is 35.5. The van der Waals surface area contributed by atoms with Crippen molar-refractivity contribution < 1.29 is 18.0 Å². The van der Waals surface area contributed by atoms with Gasteiger partial charge >= 0.3 is 0 Å². The van der Waals surface area contributed by atoms with E-state index in [9.17, 15) is 18.0 Å². The molecule has 10 heteroatoms.